The smallest absolute Gasteiger partial charge is 0.191 e. The highest BCUT2D eigenvalue weighted by atomic mass is 127. The molecule has 30 heavy (non-hydrogen) atoms. The van der Waals surface area contributed by atoms with E-state index in [1.165, 1.54) is 0 Å². The molecule has 2 aromatic heterocycles. The summed E-state index contributed by atoms with van der Waals surface area (Å²) >= 11 is 6.29. The van der Waals surface area contributed by atoms with Gasteiger partial charge in [-0.15, -0.1) is 24.0 Å². The molecule has 0 bridgehead atoms. The zero-order chi connectivity index (χ0) is 20.3. The van der Waals surface area contributed by atoms with Crippen molar-refractivity contribution < 1.29 is 0 Å². The van der Waals surface area contributed by atoms with Crippen LogP contribution >= 0.6 is 35.6 Å². The molecule has 1 aliphatic rings. The minimum atomic E-state index is 0. The van der Waals surface area contributed by atoms with Crippen LogP contribution in [-0.4, -0.2) is 54.7 Å². The van der Waals surface area contributed by atoms with Gasteiger partial charge in [0.05, 0.1) is 5.02 Å². The van der Waals surface area contributed by atoms with Gasteiger partial charge in [-0.1, -0.05) is 17.7 Å². The minimum absolute atomic E-state index is 0. The molecule has 9 heteroatoms. The molecule has 3 N–H and O–H groups in total. The predicted octanol–water partition coefficient (Wildman–Crippen LogP) is 3.77. The Morgan fingerprint density at radius 2 is 2.07 bits per heavy atom. The first-order valence-corrected chi connectivity index (χ1v) is 10.7. The number of pyridine rings is 2. The second-order valence-electron chi connectivity index (χ2n) is 6.99. The molecule has 7 nitrogen and oxygen atoms in total. The van der Waals surface area contributed by atoms with Crippen molar-refractivity contribution in [2.75, 3.05) is 42.9 Å². The van der Waals surface area contributed by atoms with Crippen LogP contribution < -0.4 is 20.9 Å². The number of aliphatic imine (C=N–C) groups is 1. The zero-order valence-corrected chi connectivity index (χ0v) is 20.4. The molecule has 0 radical (unpaired) electrons. The van der Waals surface area contributed by atoms with Crippen molar-refractivity contribution in [2.24, 2.45) is 4.99 Å². The van der Waals surface area contributed by atoms with Gasteiger partial charge < -0.3 is 20.9 Å². The number of rotatable bonds is 9. The van der Waals surface area contributed by atoms with E-state index in [9.17, 15) is 0 Å². The third-order valence-corrected chi connectivity index (χ3v) is 5.03. The van der Waals surface area contributed by atoms with E-state index in [2.05, 4.69) is 37.7 Å². The summed E-state index contributed by atoms with van der Waals surface area (Å²) in [5.74, 6) is 2.66. The van der Waals surface area contributed by atoms with Crippen LogP contribution in [0.4, 0.5) is 11.6 Å². The summed E-state index contributed by atoms with van der Waals surface area (Å²) < 4.78 is 0. The van der Waals surface area contributed by atoms with E-state index in [0.29, 0.717) is 11.1 Å². The summed E-state index contributed by atoms with van der Waals surface area (Å²) in [5, 5.41) is 10.9. The van der Waals surface area contributed by atoms with Crippen LogP contribution in [-0.2, 0) is 0 Å². The third-order valence-electron chi connectivity index (χ3n) is 4.74. The first-order valence-electron chi connectivity index (χ1n) is 10.3. The van der Waals surface area contributed by atoms with Crippen LogP contribution in [0.2, 0.25) is 5.02 Å². The number of hydrogen-bond donors (Lipinski definition) is 3. The third kappa shape index (κ3) is 7.79. The van der Waals surface area contributed by atoms with Crippen LogP contribution in [0.1, 0.15) is 26.2 Å². The lowest BCUT2D eigenvalue weighted by Crippen LogP contribution is -2.44. The quantitative estimate of drug-likeness (QED) is 0.193. The normalized spacial score (nSPS) is 16.1. The van der Waals surface area contributed by atoms with Gasteiger partial charge in [0, 0.05) is 51.2 Å². The van der Waals surface area contributed by atoms with Gasteiger partial charge in [0.1, 0.15) is 11.6 Å². The molecule has 0 spiro atoms. The number of unbranched alkanes of at least 4 members (excludes halogenated alkanes) is 1. The summed E-state index contributed by atoms with van der Waals surface area (Å²) in [6.07, 6.45) is 6.69. The average Bonchev–Trinajstić information content (AvgIpc) is 3.20. The van der Waals surface area contributed by atoms with Gasteiger partial charge in [0.15, 0.2) is 5.96 Å². The number of nitrogens with one attached hydrogen (secondary N) is 3. The summed E-state index contributed by atoms with van der Waals surface area (Å²) in [6, 6.07) is 9.97. The highest BCUT2D eigenvalue weighted by Gasteiger charge is 2.25. The Hall–Kier alpha value is -1.81. The fourth-order valence-corrected chi connectivity index (χ4v) is 3.55. The van der Waals surface area contributed by atoms with E-state index in [0.717, 1.165) is 69.6 Å². The minimum Gasteiger partial charge on any atom is -0.370 e. The monoisotopic (exact) mass is 543 g/mol. The van der Waals surface area contributed by atoms with Gasteiger partial charge in [-0.05, 0) is 50.5 Å². The summed E-state index contributed by atoms with van der Waals surface area (Å²) in [4.78, 5) is 15.6. The first-order chi connectivity index (χ1) is 14.3. The molecular formula is C21H31ClIN7. The lowest BCUT2D eigenvalue weighted by atomic mass is 10.3. The lowest BCUT2D eigenvalue weighted by Gasteiger charge is -2.20. The van der Waals surface area contributed by atoms with Crippen LogP contribution in [0.3, 0.4) is 0 Å². The second-order valence-corrected chi connectivity index (χ2v) is 7.40. The predicted molar refractivity (Wildman–Crippen MR) is 136 cm³/mol. The fraction of sp³-hybridized carbons (Fsp3) is 0.476. The van der Waals surface area contributed by atoms with Gasteiger partial charge in [-0.3, -0.25) is 4.99 Å². The molecule has 0 amide bonds. The Bertz CT molecular complexity index is 775. The number of aromatic nitrogens is 2. The van der Waals surface area contributed by atoms with E-state index >= 15 is 0 Å². The molecule has 1 unspecified atom stereocenters. The van der Waals surface area contributed by atoms with Crippen LogP contribution in [0.5, 0.6) is 0 Å². The van der Waals surface area contributed by atoms with Gasteiger partial charge in [0.2, 0.25) is 0 Å². The van der Waals surface area contributed by atoms with Crippen molar-refractivity contribution >= 4 is 53.2 Å². The molecule has 0 aromatic carbocycles. The Kier molecular flexibility index (Phi) is 11.0. The van der Waals surface area contributed by atoms with E-state index < -0.39 is 0 Å². The number of halogens is 2. The molecule has 0 aliphatic carbocycles. The van der Waals surface area contributed by atoms with Crippen LogP contribution in [0.15, 0.2) is 47.7 Å². The largest absolute Gasteiger partial charge is 0.370 e. The molecule has 164 valence electrons. The second kappa shape index (κ2) is 13.5. The lowest BCUT2D eigenvalue weighted by molar-refractivity contribution is 0.646. The standard InChI is InChI=1S/C21H30ClN7.HI/c1-2-23-21(27-13-6-5-12-25-19-9-3-4-11-24-19)28-17-10-15-29(16-17)20-18(22)8-7-14-26-20;/h3-4,7-9,11,14,17H,2,5-6,10,12-13,15-16H2,1H3,(H,24,25)(H2,23,27,28);1H. The van der Waals surface area contributed by atoms with Gasteiger partial charge >= 0.3 is 0 Å². The van der Waals surface area contributed by atoms with Gasteiger partial charge in [-0.25, -0.2) is 9.97 Å². The van der Waals surface area contributed by atoms with Crippen LogP contribution in [0, 0.1) is 0 Å². The SMILES string of the molecule is CCNC(=NCCCCNc1ccccn1)NC1CCN(c2ncccc2Cl)C1.I. The topological polar surface area (TPSA) is 77.5 Å². The molecule has 1 fully saturated rings. The van der Waals surface area contributed by atoms with Crippen molar-refractivity contribution in [3.8, 4) is 0 Å². The zero-order valence-electron chi connectivity index (χ0n) is 17.4. The van der Waals surface area contributed by atoms with E-state index in [4.69, 9.17) is 16.6 Å². The Labute approximate surface area is 201 Å². The maximum atomic E-state index is 6.29. The van der Waals surface area contributed by atoms with E-state index in [1.54, 1.807) is 12.4 Å². The number of guanidine groups is 1. The fourth-order valence-electron chi connectivity index (χ4n) is 3.31. The maximum absolute atomic E-state index is 6.29. The molecule has 3 heterocycles. The van der Waals surface area contributed by atoms with Crippen molar-refractivity contribution in [3.05, 3.63) is 47.7 Å². The Morgan fingerprint density at radius 3 is 2.83 bits per heavy atom. The van der Waals surface area contributed by atoms with E-state index in [-0.39, 0.29) is 24.0 Å². The van der Waals surface area contributed by atoms with Gasteiger partial charge in [-0.2, -0.15) is 0 Å². The Morgan fingerprint density at radius 1 is 1.20 bits per heavy atom. The van der Waals surface area contributed by atoms with Crippen LogP contribution in [0.25, 0.3) is 0 Å². The highest BCUT2D eigenvalue weighted by Crippen LogP contribution is 2.25. The molecular weight excluding hydrogens is 513 g/mol. The first kappa shape index (κ1) is 24.5. The number of hydrogen-bond acceptors (Lipinski definition) is 5. The molecule has 1 aliphatic heterocycles. The summed E-state index contributed by atoms with van der Waals surface area (Å²) in [6.45, 7) is 6.43. The molecule has 1 saturated heterocycles. The van der Waals surface area contributed by atoms with Crippen molar-refractivity contribution in [1.29, 1.82) is 0 Å². The van der Waals surface area contributed by atoms with Crippen molar-refractivity contribution in [2.45, 2.75) is 32.2 Å². The highest BCUT2D eigenvalue weighted by molar-refractivity contribution is 14.0. The maximum Gasteiger partial charge on any atom is 0.191 e. The van der Waals surface area contributed by atoms with Crippen molar-refractivity contribution in [1.82, 2.24) is 20.6 Å². The van der Waals surface area contributed by atoms with Crippen molar-refractivity contribution in [3.63, 3.8) is 0 Å². The summed E-state index contributed by atoms with van der Waals surface area (Å²) in [7, 11) is 0. The molecule has 0 saturated carbocycles. The average molecular weight is 544 g/mol. The molecule has 3 rings (SSSR count). The number of anilines is 2. The Balaban J connectivity index is 0.00000320. The number of nitrogens with zero attached hydrogens (tertiary/aromatic N) is 4. The van der Waals surface area contributed by atoms with E-state index in [1.807, 2.05) is 30.3 Å². The van der Waals surface area contributed by atoms with Gasteiger partial charge in [0.25, 0.3) is 0 Å². The summed E-state index contributed by atoms with van der Waals surface area (Å²) in [5.41, 5.74) is 0. The molecule has 1 atom stereocenters. The molecule has 2 aromatic rings.